The summed E-state index contributed by atoms with van der Waals surface area (Å²) in [4.78, 5) is 3.79. The van der Waals surface area contributed by atoms with Gasteiger partial charge < -0.3 is 0 Å². The molecule has 0 bridgehead atoms. The lowest BCUT2D eigenvalue weighted by Crippen LogP contribution is -2.10. The van der Waals surface area contributed by atoms with Crippen LogP contribution in [0.1, 0.15) is 32.0 Å². The maximum Gasteiger partial charge on any atom is 0.433 e. The predicted molar refractivity (Wildman–Crippen MR) is 178 cm³/mol. The van der Waals surface area contributed by atoms with Gasteiger partial charge in [-0.2, -0.15) is 13.2 Å². The van der Waals surface area contributed by atoms with Gasteiger partial charge in [0.15, 0.2) is 0 Å². The molecule has 8 rings (SSSR count). The van der Waals surface area contributed by atoms with Crippen molar-refractivity contribution in [3.05, 3.63) is 127 Å². The van der Waals surface area contributed by atoms with Crippen molar-refractivity contribution in [3.63, 3.8) is 0 Å². The van der Waals surface area contributed by atoms with Crippen molar-refractivity contribution in [2.45, 2.75) is 32.4 Å². The van der Waals surface area contributed by atoms with E-state index in [4.69, 9.17) is 0 Å². The molecule has 7 aromatic carbocycles. The second-order valence-corrected chi connectivity index (χ2v) is 12.7. The molecule has 0 saturated heterocycles. The van der Waals surface area contributed by atoms with E-state index in [-0.39, 0.29) is 5.41 Å². The van der Waals surface area contributed by atoms with Crippen molar-refractivity contribution in [3.8, 4) is 22.3 Å². The molecule has 4 heteroatoms. The summed E-state index contributed by atoms with van der Waals surface area (Å²) < 4.78 is 40.0. The Kier molecular flexibility index (Phi) is 5.61. The van der Waals surface area contributed by atoms with E-state index in [2.05, 4.69) is 98.6 Å². The van der Waals surface area contributed by atoms with Crippen molar-refractivity contribution in [2.24, 2.45) is 0 Å². The maximum absolute atomic E-state index is 13.3. The first-order valence-corrected chi connectivity index (χ1v) is 14.8. The van der Waals surface area contributed by atoms with Gasteiger partial charge in [-0.1, -0.05) is 112 Å². The third kappa shape index (κ3) is 4.05. The first kappa shape index (κ1) is 26.7. The fourth-order valence-electron chi connectivity index (χ4n) is 6.87. The lowest BCUT2D eigenvalue weighted by molar-refractivity contribution is -0.141. The van der Waals surface area contributed by atoms with Crippen molar-refractivity contribution in [2.75, 3.05) is 0 Å². The molecule has 0 unspecified atom stereocenters. The van der Waals surface area contributed by atoms with E-state index in [0.717, 1.165) is 44.3 Å². The van der Waals surface area contributed by atoms with Gasteiger partial charge in [0.25, 0.3) is 0 Å². The summed E-state index contributed by atoms with van der Waals surface area (Å²) in [6.45, 7) is 6.75. The van der Waals surface area contributed by atoms with Crippen LogP contribution in [0.3, 0.4) is 0 Å². The molecule has 0 aliphatic rings. The van der Waals surface area contributed by atoms with Crippen LogP contribution in [-0.4, -0.2) is 4.98 Å². The molecule has 1 heterocycles. The normalized spacial score (nSPS) is 12.8. The highest BCUT2D eigenvalue weighted by atomic mass is 19.4. The van der Waals surface area contributed by atoms with Crippen molar-refractivity contribution < 1.29 is 13.2 Å². The number of rotatable bonds is 2. The molecule has 0 radical (unpaired) electrons. The van der Waals surface area contributed by atoms with Crippen LogP contribution in [0.5, 0.6) is 0 Å². The fourth-order valence-corrected chi connectivity index (χ4v) is 6.87. The monoisotopic (exact) mass is 579 g/mol. The maximum atomic E-state index is 13.3. The Bertz CT molecular complexity index is 2270. The van der Waals surface area contributed by atoms with Crippen LogP contribution >= 0.6 is 0 Å². The van der Waals surface area contributed by atoms with Gasteiger partial charge in [-0.3, -0.25) is 4.98 Å². The van der Waals surface area contributed by atoms with Crippen LogP contribution in [-0.2, 0) is 11.6 Å². The minimum atomic E-state index is -4.49. The van der Waals surface area contributed by atoms with Gasteiger partial charge in [-0.15, -0.1) is 0 Å². The number of hydrogen-bond donors (Lipinski definition) is 0. The Labute approximate surface area is 252 Å². The lowest BCUT2D eigenvalue weighted by atomic mass is 9.82. The van der Waals surface area contributed by atoms with E-state index in [1.54, 1.807) is 0 Å². The van der Waals surface area contributed by atoms with Crippen LogP contribution in [0.2, 0.25) is 0 Å². The first-order chi connectivity index (χ1) is 21.1. The molecule has 0 amide bonds. The molecular weight excluding hydrogens is 551 g/mol. The summed E-state index contributed by atoms with van der Waals surface area (Å²) >= 11 is 0. The minimum absolute atomic E-state index is 0.0579. The van der Waals surface area contributed by atoms with Gasteiger partial charge in [-0.25, -0.2) is 0 Å². The Balaban J connectivity index is 1.41. The molecule has 44 heavy (non-hydrogen) atoms. The molecule has 0 fully saturated rings. The molecule has 214 valence electrons. The smallest absolute Gasteiger partial charge is 0.251 e. The molecule has 0 aliphatic heterocycles. The highest BCUT2D eigenvalue weighted by molar-refractivity contribution is 6.26. The second-order valence-electron chi connectivity index (χ2n) is 12.7. The lowest BCUT2D eigenvalue weighted by Gasteiger charge is -2.22. The Morgan fingerprint density at radius 2 is 0.932 bits per heavy atom. The fraction of sp³-hybridized carbons (Fsp3) is 0.125. The highest BCUT2D eigenvalue weighted by Gasteiger charge is 2.32. The zero-order valence-electron chi connectivity index (χ0n) is 24.6. The van der Waals surface area contributed by atoms with Crippen LogP contribution in [0.15, 0.2) is 115 Å². The molecule has 1 nitrogen and oxygen atoms in total. The van der Waals surface area contributed by atoms with Crippen LogP contribution in [0.4, 0.5) is 13.2 Å². The van der Waals surface area contributed by atoms with Gasteiger partial charge in [0.1, 0.15) is 5.69 Å². The molecule has 0 N–H and O–H groups in total. The van der Waals surface area contributed by atoms with Gasteiger partial charge in [0.05, 0.1) is 0 Å². The molecule has 0 spiro atoms. The van der Waals surface area contributed by atoms with Gasteiger partial charge in [-0.05, 0) is 99.7 Å². The number of benzene rings is 7. The standard InChI is InChI=1S/C40H28F3N/c1-39(2,3)29-20-25-14-12-23-18-28(19-24-13-15-26(21-29)36(25)35(23)24)38-32-10-6-4-8-30(32)37(31-9-5-7-11-33(31)38)27-16-17-34(44-22-27)40(41,42)43/h4-22H,1-3H3. The quantitative estimate of drug-likeness (QED) is 0.147. The van der Waals surface area contributed by atoms with E-state index in [9.17, 15) is 13.2 Å². The van der Waals surface area contributed by atoms with E-state index in [1.165, 1.54) is 50.1 Å². The van der Waals surface area contributed by atoms with Crippen LogP contribution in [0, 0.1) is 0 Å². The first-order valence-electron chi connectivity index (χ1n) is 14.8. The van der Waals surface area contributed by atoms with Gasteiger partial charge in [0, 0.05) is 11.8 Å². The van der Waals surface area contributed by atoms with E-state index in [0.29, 0.717) is 5.56 Å². The molecule has 0 aliphatic carbocycles. The highest BCUT2D eigenvalue weighted by Crippen LogP contribution is 2.46. The molecule has 1 aromatic heterocycles. The van der Waals surface area contributed by atoms with Crippen molar-refractivity contribution in [1.29, 1.82) is 0 Å². The Hall–Kier alpha value is -4.96. The topological polar surface area (TPSA) is 12.9 Å². The van der Waals surface area contributed by atoms with E-state index in [1.807, 2.05) is 24.3 Å². The van der Waals surface area contributed by atoms with E-state index >= 15 is 0 Å². The third-order valence-electron chi connectivity index (χ3n) is 8.96. The Morgan fingerprint density at radius 3 is 1.32 bits per heavy atom. The zero-order chi connectivity index (χ0) is 30.4. The number of nitrogens with zero attached hydrogens (tertiary/aromatic N) is 1. The minimum Gasteiger partial charge on any atom is -0.251 e. The molecule has 0 saturated carbocycles. The third-order valence-corrected chi connectivity index (χ3v) is 8.96. The van der Waals surface area contributed by atoms with Gasteiger partial charge in [0.2, 0.25) is 0 Å². The number of alkyl halides is 3. The number of halogens is 3. The van der Waals surface area contributed by atoms with E-state index < -0.39 is 11.9 Å². The largest absolute Gasteiger partial charge is 0.433 e. The summed E-state index contributed by atoms with van der Waals surface area (Å²) in [7, 11) is 0. The summed E-state index contributed by atoms with van der Waals surface area (Å²) in [5.41, 5.74) is 4.24. The summed E-state index contributed by atoms with van der Waals surface area (Å²) in [5.74, 6) is 0. The average molecular weight is 580 g/mol. The average Bonchev–Trinajstić information content (AvgIpc) is 3.01. The molecule has 0 atom stereocenters. The summed E-state index contributed by atoms with van der Waals surface area (Å²) in [6, 6.07) is 37.1. The number of aromatic nitrogens is 1. The molecular formula is C40H28F3N. The van der Waals surface area contributed by atoms with Crippen LogP contribution in [0.25, 0.3) is 76.1 Å². The molecule has 8 aromatic rings. The summed E-state index contributed by atoms with van der Waals surface area (Å²) in [5, 5.41) is 11.5. The number of fused-ring (bicyclic) bond motifs is 2. The predicted octanol–water partition coefficient (Wildman–Crippen LogP) is 11.9. The van der Waals surface area contributed by atoms with Crippen molar-refractivity contribution in [1.82, 2.24) is 4.98 Å². The Morgan fingerprint density at radius 1 is 0.500 bits per heavy atom. The SMILES string of the molecule is CC(C)(C)c1cc2ccc3cc(-c4c5ccccc5c(-c5ccc(C(F)(F)F)nc5)c5ccccc45)cc4ccc(c1)c2c34. The number of pyridine rings is 1. The second kappa shape index (κ2) is 9.27. The number of hydrogen-bond acceptors (Lipinski definition) is 1. The zero-order valence-corrected chi connectivity index (χ0v) is 24.6. The van der Waals surface area contributed by atoms with Crippen molar-refractivity contribution >= 4 is 53.9 Å². The summed E-state index contributed by atoms with van der Waals surface area (Å²) in [6.07, 6.45) is -3.15. The van der Waals surface area contributed by atoms with Gasteiger partial charge >= 0.3 is 6.18 Å². The van der Waals surface area contributed by atoms with Crippen LogP contribution < -0.4 is 0 Å².